The summed E-state index contributed by atoms with van der Waals surface area (Å²) in [5.74, 6) is 0.380. The van der Waals surface area contributed by atoms with Crippen LogP contribution in [0.15, 0.2) is 65.1 Å². The first kappa shape index (κ1) is 21.8. The highest BCUT2D eigenvalue weighted by Crippen LogP contribution is 2.46. The highest BCUT2D eigenvalue weighted by molar-refractivity contribution is 5.77. The molecule has 1 unspecified atom stereocenters. The standard InChI is InChI=1S/C28H29FN2O2/c1-4-19-6-13-26-25(16-19)30-27(33-26)20-7-12-24-21(17-20)18-32-28(24,14-5-15-31(2)3)22-8-10-23(29)11-9-22/h6-13,16-17H,4-5,14-15,18H2,1-3H3. The maximum absolute atomic E-state index is 13.7. The highest BCUT2D eigenvalue weighted by atomic mass is 19.1. The number of halogens is 1. The van der Waals surface area contributed by atoms with E-state index in [1.165, 1.54) is 17.7 Å². The number of rotatable bonds is 7. The van der Waals surface area contributed by atoms with Gasteiger partial charge >= 0.3 is 0 Å². The van der Waals surface area contributed by atoms with E-state index in [9.17, 15) is 4.39 Å². The van der Waals surface area contributed by atoms with Crippen LogP contribution in [0.5, 0.6) is 0 Å². The van der Waals surface area contributed by atoms with E-state index >= 15 is 0 Å². The fourth-order valence-corrected chi connectivity index (χ4v) is 4.79. The maximum atomic E-state index is 13.7. The van der Waals surface area contributed by atoms with Gasteiger partial charge in [-0.3, -0.25) is 0 Å². The minimum absolute atomic E-state index is 0.238. The van der Waals surface area contributed by atoms with Gasteiger partial charge in [-0.2, -0.15) is 0 Å². The van der Waals surface area contributed by atoms with Crippen molar-refractivity contribution in [2.75, 3.05) is 20.6 Å². The molecule has 0 spiro atoms. The third kappa shape index (κ3) is 4.07. The number of oxazole rings is 1. The summed E-state index contributed by atoms with van der Waals surface area (Å²) in [5, 5.41) is 0. The Hall–Kier alpha value is -3.02. The second kappa shape index (κ2) is 8.73. The number of fused-ring (bicyclic) bond motifs is 2. The molecule has 0 saturated heterocycles. The first-order chi connectivity index (χ1) is 16.0. The lowest BCUT2D eigenvalue weighted by atomic mass is 9.81. The van der Waals surface area contributed by atoms with E-state index in [2.05, 4.69) is 56.3 Å². The second-order valence-corrected chi connectivity index (χ2v) is 9.08. The lowest BCUT2D eigenvalue weighted by Crippen LogP contribution is -2.28. The van der Waals surface area contributed by atoms with Crippen LogP contribution in [0.2, 0.25) is 0 Å². The monoisotopic (exact) mass is 444 g/mol. The van der Waals surface area contributed by atoms with Crippen LogP contribution in [-0.4, -0.2) is 30.5 Å². The molecule has 1 aromatic heterocycles. The molecule has 170 valence electrons. The molecule has 0 amide bonds. The highest BCUT2D eigenvalue weighted by Gasteiger charge is 2.41. The largest absolute Gasteiger partial charge is 0.436 e. The van der Waals surface area contributed by atoms with Gasteiger partial charge in [-0.05, 0) is 98.6 Å². The fourth-order valence-electron chi connectivity index (χ4n) is 4.79. The van der Waals surface area contributed by atoms with Crippen molar-refractivity contribution < 1.29 is 13.5 Å². The smallest absolute Gasteiger partial charge is 0.227 e. The van der Waals surface area contributed by atoms with Crippen molar-refractivity contribution in [1.82, 2.24) is 9.88 Å². The van der Waals surface area contributed by atoms with Gasteiger partial charge in [0.2, 0.25) is 5.89 Å². The molecule has 0 bridgehead atoms. The molecular weight excluding hydrogens is 415 g/mol. The average molecular weight is 445 g/mol. The molecule has 0 fully saturated rings. The van der Waals surface area contributed by atoms with Crippen LogP contribution in [0, 0.1) is 5.82 Å². The summed E-state index contributed by atoms with van der Waals surface area (Å²) in [6.45, 7) is 3.60. The molecule has 5 rings (SSSR count). The summed E-state index contributed by atoms with van der Waals surface area (Å²) in [5.41, 5.74) is 6.53. The fraction of sp³-hybridized carbons (Fsp3) is 0.321. The van der Waals surface area contributed by atoms with Crippen molar-refractivity contribution in [2.45, 2.75) is 38.4 Å². The zero-order chi connectivity index (χ0) is 23.0. The van der Waals surface area contributed by atoms with E-state index in [1.54, 1.807) is 0 Å². The van der Waals surface area contributed by atoms with Gasteiger partial charge in [-0.15, -0.1) is 0 Å². The molecule has 4 nitrogen and oxygen atoms in total. The van der Waals surface area contributed by atoms with Crippen LogP contribution >= 0.6 is 0 Å². The van der Waals surface area contributed by atoms with Gasteiger partial charge in [-0.1, -0.05) is 31.2 Å². The van der Waals surface area contributed by atoms with Crippen LogP contribution in [0.3, 0.4) is 0 Å². The number of benzene rings is 3. The summed E-state index contributed by atoms with van der Waals surface area (Å²) in [6.07, 6.45) is 2.76. The van der Waals surface area contributed by atoms with Gasteiger partial charge in [0.15, 0.2) is 5.58 Å². The number of aromatic nitrogens is 1. The summed E-state index contributed by atoms with van der Waals surface area (Å²) in [6, 6.07) is 19.2. The predicted molar refractivity (Wildman–Crippen MR) is 129 cm³/mol. The van der Waals surface area contributed by atoms with Crippen LogP contribution in [-0.2, 0) is 23.4 Å². The van der Waals surface area contributed by atoms with E-state index in [1.807, 2.05) is 18.2 Å². The Bertz CT molecular complexity index is 1280. The quantitative estimate of drug-likeness (QED) is 0.335. The van der Waals surface area contributed by atoms with Crippen molar-refractivity contribution in [3.63, 3.8) is 0 Å². The van der Waals surface area contributed by atoms with Crippen LogP contribution in [0.1, 0.15) is 42.0 Å². The summed E-state index contributed by atoms with van der Waals surface area (Å²) in [4.78, 5) is 6.91. The summed E-state index contributed by atoms with van der Waals surface area (Å²) < 4.78 is 26.2. The molecule has 0 saturated carbocycles. The Morgan fingerprint density at radius 2 is 1.85 bits per heavy atom. The van der Waals surface area contributed by atoms with Crippen LogP contribution in [0.25, 0.3) is 22.6 Å². The Morgan fingerprint density at radius 3 is 2.61 bits per heavy atom. The Labute approximate surface area is 194 Å². The summed E-state index contributed by atoms with van der Waals surface area (Å²) in [7, 11) is 4.15. The number of aryl methyl sites for hydroxylation is 1. The van der Waals surface area contributed by atoms with Crippen molar-refractivity contribution >= 4 is 11.1 Å². The van der Waals surface area contributed by atoms with Crippen LogP contribution < -0.4 is 0 Å². The molecule has 3 aromatic carbocycles. The zero-order valence-corrected chi connectivity index (χ0v) is 19.4. The van der Waals surface area contributed by atoms with Gasteiger partial charge in [0.05, 0.1) is 6.61 Å². The van der Waals surface area contributed by atoms with Gasteiger partial charge in [0.1, 0.15) is 16.9 Å². The number of hydrogen-bond donors (Lipinski definition) is 0. The van der Waals surface area contributed by atoms with E-state index in [-0.39, 0.29) is 5.82 Å². The third-order valence-corrected chi connectivity index (χ3v) is 6.57. The molecular formula is C28H29FN2O2. The van der Waals surface area contributed by atoms with E-state index < -0.39 is 5.60 Å². The van der Waals surface area contributed by atoms with E-state index in [4.69, 9.17) is 14.1 Å². The maximum Gasteiger partial charge on any atom is 0.227 e. The molecule has 33 heavy (non-hydrogen) atoms. The van der Waals surface area contributed by atoms with Crippen LogP contribution in [0.4, 0.5) is 4.39 Å². The zero-order valence-electron chi connectivity index (χ0n) is 19.4. The predicted octanol–water partition coefficient (Wildman–Crippen LogP) is 6.31. The molecule has 0 N–H and O–H groups in total. The number of hydrogen-bond acceptors (Lipinski definition) is 4. The number of nitrogens with zero attached hydrogens (tertiary/aromatic N) is 2. The molecule has 0 aliphatic carbocycles. The van der Waals surface area contributed by atoms with E-state index in [0.29, 0.717) is 12.5 Å². The Kier molecular flexibility index (Phi) is 5.77. The first-order valence-corrected chi connectivity index (χ1v) is 11.6. The molecule has 1 aliphatic rings. The second-order valence-electron chi connectivity index (χ2n) is 9.08. The molecule has 0 radical (unpaired) electrons. The number of ether oxygens (including phenoxy) is 1. The van der Waals surface area contributed by atoms with Crippen molar-refractivity contribution in [3.8, 4) is 11.5 Å². The average Bonchev–Trinajstić information content (AvgIpc) is 3.41. The van der Waals surface area contributed by atoms with Crippen molar-refractivity contribution in [2.24, 2.45) is 0 Å². The third-order valence-electron chi connectivity index (χ3n) is 6.57. The van der Waals surface area contributed by atoms with Gasteiger partial charge in [0, 0.05) is 5.56 Å². The van der Waals surface area contributed by atoms with Crippen molar-refractivity contribution in [1.29, 1.82) is 0 Å². The van der Waals surface area contributed by atoms with Gasteiger partial charge in [0.25, 0.3) is 0 Å². The van der Waals surface area contributed by atoms with E-state index in [0.717, 1.165) is 59.2 Å². The molecule has 1 atom stereocenters. The molecule has 1 aliphatic heterocycles. The first-order valence-electron chi connectivity index (χ1n) is 11.6. The minimum atomic E-state index is -0.574. The van der Waals surface area contributed by atoms with Crippen molar-refractivity contribution in [3.05, 3.63) is 88.7 Å². The van der Waals surface area contributed by atoms with Gasteiger partial charge < -0.3 is 14.1 Å². The Morgan fingerprint density at radius 1 is 1.03 bits per heavy atom. The van der Waals surface area contributed by atoms with Gasteiger partial charge in [-0.25, -0.2) is 9.37 Å². The Balaban J connectivity index is 1.52. The SMILES string of the molecule is CCc1ccc2oc(-c3ccc4c(c3)COC4(CCCN(C)C)c3ccc(F)cc3)nc2c1. The lowest BCUT2D eigenvalue weighted by Gasteiger charge is -2.31. The normalized spacial score (nSPS) is 17.7. The lowest BCUT2D eigenvalue weighted by molar-refractivity contribution is -0.0140. The minimum Gasteiger partial charge on any atom is -0.436 e. The molecule has 4 aromatic rings. The molecule has 5 heteroatoms. The summed E-state index contributed by atoms with van der Waals surface area (Å²) >= 11 is 0. The molecule has 2 heterocycles. The topological polar surface area (TPSA) is 38.5 Å².